The van der Waals surface area contributed by atoms with Crippen molar-refractivity contribution in [2.45, 2.75) is 38.0 Å². The molecule has 0 aromatic rings. The van der Waals surface area contributed by atoms with E-state index in [1.807, 2.05) is 13.8 Å². The second-order valence-electron chi connectivity index (χ2n) is 4.01. The molecule has 0 aliphatic carbocycles. The van der Waals surface area contributed by atoms with Crippen molar-refractivity contribution in [2.24, 2.45) is 5.73 Å². The van der Waals surface area contributed by atoms with Crippen molar-refractivity contribution in [3.63, 3.8) is 0 Å². The molecule has 5 nitrogen and oxygen atoms in total. The number of carboxylic acids is 1. The molecule has 14 heavy (non-hydrogen) atoms. The first-order valence-corrected chi connectivity index (χ1v) is 4.81. The summed E-state index contributed by atoms with van der Waals surface area (Å²) in [6.07, 6.45) is 0.990. The van der Waals surface area contributed by atoms with Crippen LogP contribution in [0.4, 0.5) is 0 Å². The van der Waals surface area contributed by atoms with Crippen LogP contribution in [0, 0.1) is 0 Å². The van der Waals surface area contributed by atoms with Gasteiger partial charge in [-0.15, -0.1) is 0 Å². The molecule has 1 heterocycles. The van der Waals surface area contributed by atoms with Crippen LogP contribution in [-0.2, 0) is 9.53 Å². The van der Waals surface area contributed by atoms with E-state index in [1.54, 1.807) is 0 Å². The zero-order chi connectivity index (χ0) is 10.8. The summed E-state index contributed by atoms with van der Waals surface area (Å²) < 4.78 is 5.41. The molecule has 3 unspecified atom stereocenters. The lowest BCUT2D eigenvalue weighted by atomic mass is 9.94. The van der Waals surface area contributed by atoms with Crippen molar-refractivity contribution >= 4 is 5.97 Å². The van der Waals surface area contributed by atoms with Gasteiger partial charge in [0, 0.05) is 18.7 Å². The summed E-state index contributed by atoms with van der Waals surface area (Å²) in [6, 6.07) is -0.848. The van der Waals surface area contributed by atoms with Gasteiger partial charge < -0.3 is 20.9 Å². The Morgan fingerprint density at radius 2 is 2.50 bits per heavy atom. The van der Waals surface area contributed by atoms with Gasteiger partial charge in [0.1, 0.15) is 6.04 Å². The number of aliphatic carboxylic acids is 1. The fourth-order valence-electron chi connectivity index (χ4n) is 1.50. The lowest BCUT2D eigenvalue weighted by Gasteiger charge is -2.29. The number of nitrogens with two attached hydrogens (primary N) is 1. The van der Waals surface area contributed by atoms with Gasteiger partial charge in [0.25, 0.3) is 0 Å². The van der Waals surface area contributed by atoms with Crippen molar-refractivity contribution in [3.05, 3.63) is 0 Å². The molecule has 0 aromatic heterocycles. The summed E-state index contributed by atoms with van der Waals surface area (Å²) in [6.45, 7) is 5.00. The van der Waals surface area contributed by atoms with Crippen molar-refractivity contribution in [1.29, 1.82) is 0 Å². The number of carbonyl (C=O) groups is 1. The minimum Gasteiger partial charge on any atom is -0.480 e. The summed E-state index contributed by atoms with van der Waals surface area (Å²) >= 11 is 0. The highest BCUT2D eigenvalue weighted by Crippen LogP contribution is 2.24. The summed E-state index contributed by atoms with van der Waals surface area (Å²) in [5.41, 5.74) is 5.25. The maximum absolute atomic E-state index is 10.5. The number of rotatable bonds is 4. The highest BCUT2D eigenvalue weighted by atomic mass is 16.5. The van der Waals surface area contributed by atoms with Crippen molar-refractivity contribution < 1.29 is 14.6 Å². The van der Waals surface area contributed by atoms with E-state index in [0.717, 1.165) is 6.42 Å². The molecule has 1 aliphatic heterocycles. The molecule has 0 bridgehead atoms. The topological polar surface area (TPSA) is 84.6 Å². The second-order valence-corrected chi connectivity index (χ2v) is 4.01. The third kappa shape index (κ3) is 2.43. The Morgan fingerprint density at radius 3 is 2.93 bits per heavy atom. The Hall–Kier alpha value is -0.650. The van der Waals surface area contributed by atoms with Gasteiger partial charge in [-0.2, -0.15) is 0 Å². The van der Waals surface area contributed by atoms with Crippen molar-refractivity contribution in [3.8, 4) is 0 Å². The third-order valence-corrected chi connectivity index (χ3v) is 2.93. The molecule has 4 N–H and O–H groups in total. The SMILES string of the molecule is CC1OCCC1(C)NCC(N)C(=O)O. The largest absolute Gasteiger partial charge is 0.480 e. The van der Waals surface area contributed by atoms with E-state index in [1.165, 1.54) is 0 Å². The fraction of sp³-hybridized carbons (Fsp3) is 0.889. The summed E-state index contributed by atoms with van der Waals surface area (Å²) in [5, 5.41) is 11.8. The van der Waals surface area contributed by atoms with Gasteiger partial charge >= 0.3 is 5.97 Å². The normalized spacial score (nSPS) is 34.4. The Morgan fingerprint density at radius 1 is 1.86 bits per heavy atom. The average Bonchev–Trinajstić information content (AvgIpc) is 2.44. The van der Waals surface area contributed by atoms with E-state index in [9.17, 15) is 4.79 Å². The zero-order valence-electron chi connectivity index (χ0n) is 8.62. The summed E-state index contributed by atoms with van der Waals surface area (Å²) in [4.78, 5) is 10.5. The standard InChI is InChI=1S/C9H18N2O3/c1-6-9(2,3-4-14-6)11-5-7(10)8(12)13/h6-7,11H,3-5,10H2,1-2H3,(H,12,13). The van der Waals surface area contributed by atoms with E-state index < -0.39 is 12.0 Å². The predicted octanol–water partition coefficient (Wildman–Crippen LogP) is -0.445. The minimum absolute atomic E-state index is 0.100. The first-order valence-electron chi connectivity index (χ1n) is 4.81. The highest BCUT2D eigenvalue weighted by molar-refractivity contribution is 5.73. The molecule has 1 saturated heterocycles. The second kappa shape index (κ2) is 4.25. The molecular weight excluding hydrogens is 184 g/mol. The van der Waals surface area contributed by atoms with Gasteiger partial charge in [0.2, 0.25) is 0 Å². The van der Waals surface area contributed by atoms with Crippen LogP contribution in [-0.4, -0.2) is 41.9 Å². The lowest BCUT2D eigenvalue weighted by Crippen LogP contribution is -2.53. The first kappa shape index (κ1) is 11.4. The maximum Gasteiger partial charge on any atom is 0.321 e. The molecule has 0 saturated carbocycles. The molecule has 82 valence electrons. The number of carboxylic acid groups (broad SMARTS) is 1. The number of hydrogen-bond acceptors (Lipinski definition) is 4. The number of nitrogens with one attached hydrogen (secondary N) is 1. The monoisotopic (exact) mass is 202 g/mol. The van der Waals surface area contributed by atoms with E-state index >= 15 is 0 Å². The molecule has 0 radical (unpaired) electrons. The first-order chi connectivity index (χ1) is 6.46. The average molecular weight is 202 g/mol. The molecule has 1 rings (SSSR count). The number of hydrogen-bond donors (Lipinski definition) is 3. The van der Waals surface area contributed by atoms with Crippen LogP contribution in [0.3, 0.4) is 0 Å². The van der Waals surface area contributed by atoms with Gasteiger partial charge in [0.15, 0.2) is 0 Å². The van der Waals surface area contributed by atoms with Crippen molar-refractivity contribution in [1.82, 2.24) is 5.32 Å². The van der Waals surface area contributed by atoms with Crippen molar-refractivity contribution in [2.75, 3.05) is 13.2 Å². The number of ether oxygens (including phenoxy) is 1. The lowest BCUT2D eigenvalue weighted by molar-refractivity contribution is -0.138. The van der Waals surface area contributed by atoms with Crippen LogP contribution in [0.5, 0.6) is 0 Å². The Balaban J connectivity index is 2.40. The molecule has 5 heteroatoms. The smallest absolute Gasteiger partial charge is 0.321 e. The highest BCUT2D eigenvalue weighted by Gasteiger charge is 2.36. The van der Waals surface area contributed by atoms with Crippen LogP contribution < -0.4 is 11.1 Å². The molecule has 0 aromatic carbocycles. The molecule has 1 aliphatic rings. The summed E-state index contributed by atoms with van der Waals surface area (Å²) in [5.74, 6) is -0.979. The van der Waals surface area contributed by atoms with Crippen LogP contribution in [0.25, 0.3) is 0 Å². The van der Waals surface area contributed by atoms with Crippen LogP contribution >= 0.6 is 0 Å². The van der Waals surface area contributed by atoms with Crippen LogP contribution in [0.1, 0.15) is 20.3 Å². The van der Waals surface area contributed by atoms with Crippen LogP contribution in [0.2, 0.25) is 0 Å². The van der Waals surface area contributed by atoms with Gasteiger partial charge in [-0.3, -0.25) is 4.79 Å². The van der Waals surface area contributed by atoms with Gasteiger partial charge in [-0.05, 0) is 20.3 Å². The molecular formula is C9H18N2O3. The summed E-state index contributed by atoms with van der Waals surface area (Å²) in [7, 11) is 0. The van der Waals surface area contributed by atoms with E-state index in [0.29, 0.717) is 6.61 Å². The molecule has 0 amide bonds. The van der Waals surface area contributed by atoms with E-state index in [4.69, 9.17) is 15.6 Å². The molecule has 3 atom stereocenters. The zero-order valence-corrected chi connectivity index (χ0v) is 8.62. The van der Waals surface area contributed by atoms with Gasteiger partial charge in [0.05, 0.1) is 6.10 Å². The Kier molecular flexibility index (Phi) is 3.47. The van der Waals surface area contributed by atoms with E-state index in [-0.39, 0.29) is 18.2 Å². The van der Waals surface area contributed by atoms with Gasteiger partial charge in [-0.25, -0.2) is 0 Å². The third-order valence-electron chi connectivity index (χ3n) is 2.93. The Bertz CT molecular complexity index is 222. The molecule has 1 fully saturated rings. The fourth-order valence-corrected chi connectivity index (χ4v) is 1.50. The maximum atomic E-state index is 10.5. The van der Waals surface area contributed by atoms with Gasteiger partial charge in [-0.1, -0.05) is 0 Å². The minimum atomic E-state index is -0.979. The Labute approximate surface area is 83.6 Å². The quantitative estimate of drug-likeness (QED) is 0.575. The van der Waals surface area contributed by atoms with Crippen LogP contribution in [0.15, 0.2) is 0 Å². The molecule has 0 spiro atoms. The predicted molar refractivity (Wildman–Crippen MR) is 52.0 cm³/mol. The van der Waals surface area contributed by atoms with E-state index in [2.05, 4.69) is 5.32 Å².